The largest absolute Gasteiger partial charge is 0.370 e. The SMILES string of the molecule is CC(C)C(=O)NCCCN=C(N)NC(C)c1ccc(Cl)cc1Cl.I. The van der Waals surface area contributed by atoms with E-state index in [2.05, 4.69) is 15.6 Å². The number of carbonyl (C=O) groups is 1. The molecule has 0 heterocycles. The number of guanidine groups is 1. The fourth-order valence-electron chi connectivity index (χ4n) is 1.89. The Bertz CT molecular complexity index is 567. The number of carbonyl (C=O) groups excluding carboxylic acids is 1. The molecule has 0 saturated carbocycles. The van der Waals surface area contributed by atoms with Gasteiger partial charge in [0.15, 0.2) is 5.96 Å². The van der Waals surface area contributed by atoms with Gasteiger partial charge in [-0.25, -0.2) is 0 Å². The number of rotatable bonds is 7. The van der Waals surface area contributed by atoms with Gasteiger partial charge in [0.2, 0.25) is 5.91 Å². The Morgan fingerprint density at radius 2 is 1.96 bits per heavy atom. The maximum Gasteiger partial charge on any atom is 0.222 e. The zero-order chi connectivity index (χ0) is 17.4. The summed E-state index contributed by atoms with van der Waals surface area (Å²) in [6.45, 7) is 6.79. The molecule has 1 aromatic carbocycles. The van der Waals surface area contributed by atoms with Crippen LogP contribution in [0.2, 0.25) is 10.0 Å². The second-order valence-corrected chi connectivity index (χ2v) is 6.44. The van der Waals surface area contributed by atoms with E-state index in [-0.39, 0.29) is 41.8 Å². The minimum atomic E-state index is -0.0795. The van der Waals surface area contributed by atoms with Crippen molar-refractivity contribution in [3.63, 3.8) is 0 Å². The lowest BCUT2D eigenvalue weighted by atomic mass is 10.1. The molecule has 24 heavy (non-hydrogen) atoms. The number of nitrogens with two attached hydrogens (primary N) is 1. The van der Waals surface area contributed by atoms with Gasteiger partial charge in [-0.2, -0.15) is 0 Å². The summed E-state index contributed by atoms with van der Waals surface area (Å²) < 4.78 is 0. The number of aliphatic imine (C=N–C) groups is 1. The quantitative estimate of drug-likeness (QED) is 0.238. The lowest BCUT2D eigenvalue weighted by Crippen LogP contribution is -2.34. The van der Waals surface area contributed by atoms with Gasteiger partial charge < -0.3 is 16.4 Å². The van der Waals surface area contributed by atoms with Gasteiger partial charge in [-0.3, -0.25) is 9.79 Å². The number of hydrogen-bond donors (Lipinski definition) is 3. The first-order chi connectivity index (χ1) is 10.8. The first kappa shape index (κ1) is 23.3. The highest BCUT2D eigenvalue weighted by Crippen LogP contribution is 2.25. The third-order valence-corrected chi connectivity index (χ3v) is 3.80. The lowest BCUT2D eigenvalue weighted by Gasteiger charge is -2.16. The maximum atomic E-state index is 11.4. The molecule has 136 valence electrons. The van der Waals surface area contributed by atoms with E-state index in [9.17, 15) is 4.79 Å². The van der Waals surface area contributed by atoms with Crippen molar-refractivity contribution in [1.29, 1.82) is 0 Å². The van der Waals surface area contributed by atoms with Crippen molar-refractivity contribution >= 4 is 59.0 Å². The minimum Gasteiger partial charge on any atom is -0.370 e. The van der Waals surface area contributed by atoms with Crippen LogP contribution < -0.4 is 16.4 Å². The molecule has 0 radical (unpaired) electrons. The molecule has 1 amide bonds. The summed E-state index contributed by atoms with van der Waals surface area (Å²) in [5, 5.41) is 7.10. The maximum absolute atomic E-state index is 11.4. The number of amides is 1. The van der Waals surface area contributed by atoms with E-state index in [1.165, 1.54) is 0 Å². The fraction of sp³-hybridized carbons (Fsp3) is 0.500. The molecule has 0 aromatic heterocycles. The molecule has 0 bridgehead atoms. The Hall–Kier alpha value is -0.730. The molecular weight excluding hydrogens is 462 g/mol. The van der Waals surface area contributed by atoms with E-state index in [0.717, 1.165) is 12.0 Å². The van der Waals surface area contributed by atoms with Crippen molar-refractivity contribution < 1.29 is 4.79 Å². The number of nitrogens with zero attached hydrogens (tertiary/aromatic N) is 1. The van der Waals surface area contributed by atoms with Crippen molar-refractivity contribution in [3.05, 3.63) is 33.8 Å². The second kappa shape index (κ2) is 11.8. The fourth-order valence-corrected chi connectivity index (χ4v) is 2.46. The predicted molar refractivity (Wildman–Crippen MR) is 112 cm³/mol. The van der Waals surface area contributed by atoms with Gasteiger partial charge in [0.25, 0.3) is 0 Å². The van der Waals surface area contributed by atoms with Crippen LogP contribution in [0.3, 0.4) is 0 Å². The average Bonchev–Trinajstić information content (AvgIpc) is 2.46. The van der Waals surface area contributed by atoms with E-state index in [1.54, 1.807) is 12.1 Å². The van der Waals surface area contributed by atoms with Gasteiger partial charge in [-0.15, -0.1) is 24.0 Å². The Morgan fingerprint density at radius 3 is 2.54 bits per heavy atom. The van der Waals surface area contributed by atoms with Crippen molar-refractivity contribution in [2.75, 3.05) is 13.1 Å². The van der Waals surface area contributed by atoms with Crippen LogP contribution in [-0.4, -0.2) is 25.0 Å². The number of benzene rings is 1. The van der Waals surface area contributed by atoms with Gasteiger partial charge >= 0.3 is 0 Å². The Labute approximate surface area is 170 Å². The van der Waals surface area contributed by atoms with Crippen LogP contribution in [0.25, 0.3) is 0 Å². The van der Waals surface area contributed by atoms with Gasteiger partial charge in [0.05, 0.1) is 6.04 Å². The molecule has 1 aromatic rings. The van der Waals surface area contributed by atoms with Crippen LogP contribution in [0.4, 0.5) is 0 Å². The van der Waals surface area contributed by atoms with Gasteiger partial charge in [-0.1, -0.05) is 43.1 Å². The molecular formula is C16H25Cl2IN4O. The molecule has 1 atom stereocenters. The summed E-state index contributed by atoms with van der Waals surface area (Å²) >= 11 is 12.0. The number of halogens is 3. The summed E-state index contributed by atoms with van der Waals surface area (Å²) in [6.07, 6.45) is 0.733. The van der Waals surface area contributed by atoms with E-state index in [4.69, 9.17) is 28.9 Å². The highest BCUT2D eigenvalue weighted by atomic mass is 127. The molecule has 0 fully saturated rings. The summed E-state index contributed by atoms with van der Waals surface area (Å²) in [5.74, 6) is 0.389. The van der Waals surface area contributed by atoms with Gasteiger partial charge in [0.1, 0.15) is 0 Å². The van der Waals surface area contributed by atoms with E-state index < -0.39 is 0 Å². The topological polar surface area (TPSA) is 79.5 Å². The first-order valence-corrected chi connectivity index (χ1v) is 8.36. The van der Waals surface area contributed by atoms with Crippen molar-refractivity contribution in [2.45, 2.75) is 33.2 Å². The molecule has 0 aliphatic carbocycles. The summed E-state index contributed by atoms with van der Waals surface area (Å²) in [6, 6.07) is 5.26. The third-order valence-electron chi connectivity index (χ3n) is 3.23. The predicted octanol–water partition coefficient (Wildman–Crippen LogP) is 3.74. The van der Waals surface area contributed by atoms with Gasteiger partial charge in [-0.05, 0) is 31.0 Å². The van der Waals surface area contributed by atoms with Crippen LogP contribution in [0.5, 0.6) is 0 Å². The summed E-state index contributed by atoms with van der Waals surface area (Å²) in [7, 11) is 0. The smallest absolute Gasteiger partial charge is 0.222 e. The zero-order valence-electron chi connectivity index (χ0n) is 14.1. The van der Waals surface area contributed by atoms with Crippen LogP contribution in [0.1, 0.15) is 38.8 Å². The van der Waals surface area contributed by atoms with Crippen LogP contribution in [0, 0.1) is 5.92 Å². The van der Waals surface area contributed by atoms with Crippen LogP contribution in [0.15, 0.2) is 23.2 Å². The average molecular weight is 487 g/mol. The zero-order valence-corrected chi connectivity index (χ0v) is 17.9. The highest BCUT2D eigenvalue weighted by Gasteiger charge is 2.10. The molecule has 0 aliphatic heterocycles. The Morgan fingerprint density at radius 1 is 1.29 bits per heavy atom. The molecule has 4 N–H and O–H groups in total. The van der Waals surface area contributed by atoms with Crippen LogP contribution in [-0.2, 0) is 4.79 Å². The lowest BCUT2D eigenvalue weighted by molar-refractivity contribution is -0.123. The monoisotopic (exact) mass is 486 g/mol. The summed E-state index contributed by atoms with van der Waals surface area (Å²) in [5.41, 5.74) is 6.77. The van der Waals surface area contributed by atoms with E-state index in [0.29, 0.717) is 29.1 Å². The van der Waals surface area contributed by atoms with Gasteiger partial charge in [0, 0.05) is 29.1 Å². The number of hydrogen-bond acceptors (Lipinski definition) is 2. The Balaban J connectivity index is 0.00000529. The molecule has 8 heteroatoms. The summed E-state index contributed by atoms with van der Waals surface area (Å²) in [4.78, 5) is 15.6. The highest BCUT2D eigenvalue weighted by molar-refractivity contribution is 14.0. The molecule has 0 saturated heterocycles. The van der Waals surface area contributed by atoms with E-state index in [1.807, 2.05) is 26.8 Å². The molecule has 0 spiro atoms. The normalized spacial score (nSPS) is 12.5. The first-order valence-electron chi connectivity index (χ1n) is 7.60. The van der Waals surface area contributed by atoms with Crippen molar-refractivity contribution in [2.24, 2.45) is 16.6 Å². The number of nitrogens with one attached hydrogen (secondary N) is 2. The van der Waals surface area contributed by atoms with Crippen LogP contribution >= 0.6 is 47.2 Å². The molecule has 0 aliphatic rings. The minimum absolute atomic E-state index is 0. The standard InChI is InChI=1S/C16H24Cl2N4O.HI/c1-10(2)15(23)20-7-4-8-21-16(19)22-11(3)13-6-5-12(17)9-14(13)18;/h5-6,9-11H,4,7-8H2,1-3H3,(H,20,23)(H3,19,21,22);1H. The van der Waals surface area contributed by atoms with Crippen molar-refractivity contribution in [1.82, 2.24) is 10.6 Å². The molecule has 1 unspecified atom stereocenters. The Kier molecular flexibility index (Phi) is 11.4. The van der Waals surface area contributed by atoms with Crippen molar-refractivity contribution in [3.8, 4) is 0 Å². The molecule has 1 rings (SSSR count). The third kappa shape index (κ3) is 8.39. The molecule has 5 nitrogen and oxygen atoms in total. The second-order valence-electron chi connectivity index (χ2n) is 5.60. The van der Waals surface area contributed by atoms with E-state index >= 15 is 0 Å².